The van der Waals surface area contributed by atoms with Crippen molar-refractivity contribution in [1.82, 2.24) is 29.5 Å². The highest BCUT2D eigenvalue weighted by Crippen LogP contribution is 2.30. The molecule has 5 rings (SSSR count). The summed E-state index contributed by atoms with van der Waals surface area (Å²) in [6.45, 7) is 11.0. The molecule has 3 heterocycles. The zero-order valence-corrected chi connectivity index (χ0v) is 20.8. The van der Waals surface area contributed by atoms with Gasteiger partial charge in [0.15, 0.2) is 0 Å². The lowest BCUT2D eigenvalue weighted by atomic mass is 10.0. The molecule has 0 aliphatic carbocycles. The van der Waals surface area contributed by atoms with Crippen LogP contribution in [0, 0.1) is 6.92 Å². The molecular weight excluding hydrogens is 434 g/mol. The number of aromatic nitrogens is 4. The van der Waals surface area contributed by atoms with E-state index in [2.05, 4.69) is 82.5 Å². The third-order valence-corrected chi connectivity index (χ3v) is 6.61. The normalized spacial score (nSPS) is 14.8. The van der Waals surface area contributed by atoms with E-state index in [1.165, 1.54) is 11.1 Å². The van der Waals surface area contributed by atoms with Crippen LogP contribution in [0.25, 0.3) is 22.5 Å². The van der Waals surface area contributed by atoms with E-state index >= 15 is 0 Å². The van der Waals surface area contributed by atoms with Crippen LogP contribution in [-0.4, -0.2) is 62.3 Å². The van der Waals surface area contributed by atoms with Crippen LogP contribution in [0.1, 0.15) is 18.1 Å². The number of anilines is 2. The minimum atomic E-state index is 0.574. The maximum absolute atomic E-state index is 4.80. The summed E-state index contributed by atoms with van der Waals surface area (Å²) in [5.41, 5.74) is 7.35. The van der Waals surface area contributed by atoms with Crippen LogP contribution in [0.5, 0.6) is 0 Å². The summed E-state index contributed by atoms with van der Waals surface area (Å²) in [4.78, 5) is 14.3. The lowest BCUT2D eigenvalue weighted by Crippen LogP contribution is -2.45. The molecule has 7 nitrogen and oxygen atoms in total. The van der Waals surface area contributed by atoms with E-state index in [1.807, 2.05) is 24.0 Å². The van der Waals surface area contributed by atoms with E-state index in [4.69, 9.17) is 10.1 Å². The summed E-state index contributed by atoms with van der Waals surface area (Å²) in [6.07, 6.45) is 3.80. The predicted molar refractivity (Wildman–Crippen MR) is 142 cm³/mol. The van der Waals surface area contributed by atoms with Gasteiger partial charge in [-0.3, -0.25) is 9.58 Å². The van der Waals surface area contributed by atoms with E-state index in [-0.39, 0.29) is 0 Å². The number of hydrogen-bond acceptors (Lipinski definition) is 6. The molecule has 1 saturated heterocycles. The predicted octanol–water partition coefficient (Wildman–Crippen LogP) is 4.73. The Bertz CT molecular complexity index is 1250. The molecule has 7 heteroatoms. The van der Waals surface area contributed by atoms with Gasteiger partial charge in [-0.15, -0.1) is 0 Å². The maximum Gasteiger partial charge on any atom is 0.227 e. The first-order chi connectivity index (χ1) is 17.1. The molecule has 0 radical (unpaired) electrons. The van der Waals surface area contributed by atoms with Crippen LogP contribution in [0.3, 0.4) is 0 Å². The molecule has 1 N–H and O–H groups in total. The van der Waals surface area contributed by atoms with Gasteiger partial charge in [0.2, 0.25) is 5.95 Å². The van der Waals surface area contributed by atoms with Crippen molar-refractivity contribution >= 4 is 11.6 Å². The molecular formula is C28H33N7. The van der Waals surface area contributed by atoms with Gasteiger partial charge in [-0.2, -0.15) is 5.10 Å². The highest BCUT2D eigenvalue weighted by atomic mass is 15.3. The molecule has 1 aliphatic rings. The van der Waals surface area contributed by atoms with Gasteiger partial charge in [-0.05, 0) is 37.2 Å². The lowest BCUT2D eigenvalue weighted by Gasteiger charge is -2.34. The van der Waals surface area contributed by atoms with Crippen LogP contribution in [0.15, 0.2) is 67.0 Å². The van der Waals surface area contributed by atoms with Crippen molar-refractivity contribution in [3.8, 4) is 22.5 Å². The van der Waals surface area contributed by atoms with Crippen molar-refractivity contribution in [3.63, 3.8) is 0 Å². The average molecular weight is 468 g/mol. The molecule has 4 aromatic rings. The van der Waals surface area contributed by atoms with Crippen molar-refractivity contribution in [2.45, 2.75) is 20.4 Å². The first kappa shape index (κ1) is 23.2. The molecule has 0 bridgehead atoms. The minimum Gasteiger partial charge on any atom is -0.324 e. The highest BCUT2D eigenvalue weighted by Gasteiger charge is 2.16. The Morgan fingerprint density at radius 1 is 0.886 bits per heavy atom. The largest absolute Gasteiger partial charge is 0.324 e. The second-order valence-electron chi connectivity index (χ2n) is 9.23. The fourth-order valence-corrected chi connectivity index (χ4v) is 4.51. The molecule has 180 valence electrons. The van der Waals surface area contributed by atoms with E-state index in [1.54, 1.807) is 6.20 Å². The van der Waals surface area contributed by atoms with E-state index in [9.17, 15) is 0 Å². The molecule has 2 aromatic carbocycles. The third kappa shape index (κ3) is 5.58. The van der Waals surface area contributed by atoms with Gasteiger partial charge in [0.1, 0.15) is 5.69 Å². The van der Waals surface area contributed by atoms with Crippen molar-refractivity contribution in [3.05, 3.63) is 78.1 Å². The van der Waals surface area contributed by atoms with Crippen LogP contribution in [0.2, 0.25) is 0 Å². The smallest absolute Gasteiger partial charge is 0.227 e. The topological polar surface area (TPSA) is 62.1 Å². The lowest BCUT2D eigenvalue weighted by molar-refractivity contribution is 0.132. The van der Waals surface area contributed by atoms with E-state index in [0.717, 1.165) is 67.5 Å². The van der Waals surface area contributed by atoms with Gasteiger partial charge < -0.3 is 10.2 Å². The number of aryl methyl sites for hydroxylation is 2. The van der Waals surface area contributed by atoms with Gasteiger partial charge in [0.05, 0.1) is 5.69 Å². The van der Waals surface area contributed by atoms with Crippen LogP contribution >= 0.6 is 0 Å². The number of nitrogens with one attached hydrogen (secondary N) is 1. The molecule has 0 saturated carbocycles. The monoisotopic (exact) mass is 467 g/mol. The van der Waals surface area contributed by atoms with E-state index < -0.39 is 0 Å². The fraction of sp³-hybridized carbons (Fsp3) is 0.321. The summed E-state index contributed by atoms with van der Waals surface area (Å²) >= 11 is 0. The Morgan fingerprint density at radius 3 is 2.31 bits per heavy atom. The summed E-state index contributed by atoms with van der Waals surface area (Å²) < 4.78 is 1.83. The number of nitrogens with zero attached hydrogens (tertiary/aromatic N) is 6. The van der Waals surface area contributed by atoms with Gasteiger partial charge in [-0.1, -0.05) is 48.9 Å². The second-order valence-corrected chi connectivity index (χ2v) is 9.23. The molecule has 35 heavy (non-hydrogen) atoms. The number of rotatable bonds is 7. The Balaban J connectivity index is 1.29. The second kappa shape index (κ2) is 10.4. The first-order valence-electron chi connectivity index (χ1n) is 12.3. The van der Waals surface area contributed by atoms with Gasteiger partial charge in [0, 0.05) is 69.0 Å². The maximum atomic E-state index is 4.80. The number of benzene rings is 2. The Morgan fingerprint density at radius 2 is 1.60 bits per heavy atom. The zero-order valence-electron chi connectivity index (χ0n) is 20.8. The number of hydrogen-bond donors (Lipinski definition) is 1. The van der Waals surface area contributed by atoms with Crippen molar-refractivity contribution in [2.75, 3.05) is 38.0 Å². The number of piperazine rings is 1. The Labute approximate surface area is 207 Å². The molecule has 0 unspecified atom stereocenters. The van der Waals surface area contributed by atoms with Crippen molar-refractivity contribution in [1.29, 1.82) is 0 Å². The van der Waals surface area contributed by atoms with Crippen LogP contribution in [0.4, 0.5) is 11.6 Å². The number of likely N-dealkylation sites (N-methyl/N-ethyl adjacent to an activating group) is 1. The molecule has 2 aromatic heterocycles. The van der Waals surface area contributed by atoms with Crippen molar-refractivity contribution in [2.24, 2.45) is 7.05 Å². The Kier molecular flexibility index (Phi) is 6.88. The molecule has 1 fully saturated rings. The van der Waals surface area contributed by atoms with Gasteiger partial charge in [-0.25, -0.2) is 9.97 Å². The standard InChI is InChI=1S/C28H33N7/c1-4-34-15-17-35(18-16-34)19-22-7-11-24(12-8-22)30-28-29-14-13-26(31-28)25-20-33(3)32-27(25)23-9-5-21(2)6-10-23/h5-14,20H,4,15-19H2,1-3H3,(H,29,30,31). The summed E-state index contributed by atoms with van der Waals surface area (Å²) in [6, 6.07) is 18.9. The molecule has 0 spiro atoms. The van der Waals surface area contributed by atoms with Crippen LogP contribution in [-0.2, 0) is 13.6 Å². The van der Waals surface area contributed by atoms with Gasteiger partial charge in [0.25, 0.3) is 0 Å². The van der Waals surface area contributed by atoms with E-state index in [0.29, 0.717) is 5.95 Å². The summed E-state index contributed by atoms with van der Waals surface area (Å²) in [5.74, 6) is 0.574. The molecule has 0 atom stereocenters. The fourth-order valence-electron chi connectivity index (χ4n) is 4.51. The average Bonchev–Trinajstić information content (AvgIpc) is 3.28. The Hall–Kier alpha value is -3.55. The van der Waals surface area contributed by atoms with Crippen LogP contribution < -0.4 is 5.32 Å². The first-order valence-corrected chi connectivity index (χ1v) is 12.3. The minimum absolute atomic E-state index is 0.574. The summed E-state index contributed by atoms with van der Waals surface area (Å²) in [5, 5.41) is 8.06. The molecule has 1 aliphatic heterocycles. The zero-order chi connectivity index (χ0) is 24.2. The highest BCUT2D eigenvalue weighted by molar-refractivity contribution is 5.79. The quantitative estimate of drug-likeness (QED) is 0.424. The SMILES string of the molecule is CCN1CCN(Cc2ccc(Nc3nccc(-c4cn(C)nc4-c4ccc(C)cc4)n3)cc2)CC1. The van der Waals surface area contributed by atoms with Crippen molar-refractivity contribution < 1.29 is 0 Å². The van der Waals surface area contributed by atoms with Gasteiger partial charge >= 0.3 is 0 Å². The summed E-state index contributed by atoms with van der Waals surface area (Å²) in [7, 11) is 1.94. The third-order valence-electron chi connectivity index (χ3n) is 6.61. The molecule has 0 amide bonds.